The Bertz CT molecular complexity index is 243. The molecular weight excluding hydrogens is 214 g/mol. The van der Waals surface area contributed by atoms with E-state index in [0.29, 0.717) is 0 Å². The molecule has 0 saturated heterocycles. The largest absolute Gasteiger partial charge is 0.479 e. The van der Waals surface area contributed by atoms with Crippen LogP contribution in [0.25, 0.3) is 0 Å². The zero-order valence-corrected chi connectivity index (χ0v) is 7.31. The van der Waals surface area contributed by atoms with E-state index < -0.39 is 36.3 Å². The number of carbonyl (C=O) groups is 2. The van der Waals surface area contributed by atoms with Crippen LogP contribution in [0.4, 0.5) is 0 Å². The van der Waals surface area contributed by atoms with Crippen molar-refractivity contribution in [1.29, 1.82) is 0 Å². The zero-order chi connectivity index (χ0) is 12.2. The van der Waals surface area contributed by atoms with Crippen molar-refractivity contribution in [3.63, 3.8) is 0 Å². The number of hydroxylamine groups is 1. The fourth-order valence-corrected chi connectivity index (χ4v) is 0.741. The fourth-order valence-electron chi connectivity index (χ4n) is 0.741. The van der Waals surface area contributed by atoms with Gasteiger partial charge in [-0.3, -0.25) is 10.0 Å². The van der Waals surface area contributed by atoms with Gasteiger partial charge in [0.1, 0.15) is 12.2 Å². The predicted octanol–water partition coefficient (Wildman–Crippen LogP) is -3.98. The van der Waals surface area contributed by atoms with Crippen molar-refractivity contribution in [1.82, 2.24) is 5.48 Å². The quantitative estimate of drug-likeness (QED) is 0.183. The molecule has 0 aromatic rings. The number of aliphatic hydroxyl groups excluding tert-OH is 4. The Labute approximate surface area is 83.2 Å². The molecule has 4 atom stereocenters. The fraction of sp³-hybridized carbons (Fsp3) is 0.667. The Morgan fingerprint density at radius 1 is 0.933 bits per heavy atom. The minimum absolute atomic E-state index is 0.980. The number of carbonyl (C=O) groups excluding carboxylic acids is 1. The lowest BCUT2D eigenvalue weighted by molar-refractivity contribution is -0.168. The molecule has 0 aromatic heterocycles. The second-order valence-electron chi connectivity index (χ2n) is 2.69. The second-order valence-corrected chi connectivity index (χ2v) is 2.69. The van der Waals surface area contributed by atoms with E-state index in [1.807, 2.05) is 0 Å². The van der Waals surface area contributed by atoms with Crippen molar-refractivity contribution in [3.05, 3.63) is 0 Å². The molecule has 0 aliphatic rings. The summed E-state index contributed by atoms with van der Waals surface area (Å²) >= 11 is 0. The highest BCUT2D eigenvalue weighted by Gasteiger charge is 2.37. The number of aliphatic carboxylic acids is 1. The van der Waals surface area contributed by atoms with Crippen LogP contribution >= 0.6 is 0 Å². The topological polar surface area (TPSA) is 168 Å². The van der Waals surface area contributed by atoms with Gasteiger partial charge in [0.25, 0.3) is 5.91 Å². The molecule has 9 nitrogen and oxygen atoms in total. The summed E-state index contributed by atoms with van der Waals surface area (Å²) in [6.07, 6.45) is -9.14. The first-order chi connectivity index (χ1) is 6.82. The molecule has 0 saturated carbocycles. The van der Waals surface area contributed by atoms with Gasteiger partial charge in [-0.25, -0.2) is 10.3 Å². The first-order valence-electron chi connectivity index (χ1n) is 3.72. The summed E-state index contributed by atoms with van der Waals surface area (Å²) in [7, 11) is 0. The van der Waals surface area contributed by atoms with E-state index in [1.165, 1.54) is 0 Å². The summed E-state index contributed by atoms with van der Waals surface area (Å²) in [5.41, 5.74) is 0.980. The predicted molar refractivity (Wildman–Crippen MR) is 41.6 cm³/mol. The third kappa shape index (κ3) is 3.42. The number of carboxylic acids is 1. The van der Waals surface area contributed by atoms with E-state index in [1.54, 1.807) is 0 Å². The van der Waals surface area contributed by atoms with E-state index >= 15 is 0 Å². The molecule has 0 fully saturated rings. The maximum absolute atomic E-state index is 10.5. The number of carboxylic acid groups (broad SMARTS) is 1. The Morgan fingerprint density at radius 2 is 1.33 bits per heavy atom. The smallest absolute Gasteiger partial charge is 0.335 e. The molecule has 0 rings (SSSR count). The molecule has 88 valence electrons. The van der Waals surface area contributed by atoms with Crippen LogP contribution in [0.15, 0.2) is 0 Å². The summed E-state index contributed by atoms with van der Waals surface area (Å²) in [5.74, 6) is -3.28. The van der Waals surface area contributed by atoms with E-state index in [-0.39, 0.29) is 0 Å². The third-order valence-corrected chi connectivity index (χ3v) is 1.63. The number of rotatable bonds is 5. The third-order valence-electron chi connectivity index (χ3n) is 1.63. The Kier molecular flexibility index (Phi) is 5.11. The molecule has 9 heteroatoms. The van der Waals surface area contributed by atoms with Gasteiger partial charge in [0.05, 0.1) is 0 Å². The van der Waals surface area contributed by atoms with Gasteiger partial charge in [0.2, 0.25) is 0 Å². The first kappa shape index (κ1) is 13.7. The SMILES string of the molecule is O=C(O)[C@@H](O)[C@H](O)[C@H](O)[C@@H](O)C(=O)NO. The maximum atomic E-state index is 10.5. The van der Waals surface area contributed by atoms with Crippen molar-refractivity contribution in [3.8, 4) is 0 Å². The van der Waals surface area contributed by atoms with E-state index in [2.05, 4.69) is 0 Å². The minimum Gasteiger partial charge on any atom is -0.479 e. The van der Waals surface area contributed by atoms with Gasteiger partial charge in [-0.2, -0.15) is 0 Å². The lowest BCUT2D eigenvalue weighted by Gasteiger charge is -2.23. The number of hydrogen-bond acceptors (Lipinski definition) is 7. The normalized spacial score (nSPS) is 18.7. The molecule has 0 heterocycles. The summed E-state index contributed by atoms with van der Waals surface area (Å²) in [6.45, 7) is 0. The summed E-state index contributed by atoms with van der Waals surface area (Å²) in [4.78, 5) is 20.7. The van der Waals surface area contributed by atoms with Gasteiger partial charge in [-0.05, 0) is 0 Å². The van der Waals surface area contributed by atoms with Crippen molar-refractivity contribution in [2.24, 2.45) is 0 Å². The molecule has 1 amide bonds. The van der Waals surface area contributed by atoms with Crippen LogP contribution in [0.5, 0.6) is 0 Å². The molecule has 7 N–H and O–H groups in total. The average Bonchev–Trinajstić information content (AvgIpc) is 2.23. The summed E-state index contributed by atoms with van der Waals surface area (Å²) < 4.78 is 0. The lowest BCUT2D eigenvalue weighted by Crippen LogP contribution is -2.52. The van der Waals surface area contributed by atoms with Crippen LogP contribution in [-0.2, 0) is 9.59 Å². The molecule has 0 spiro atoms. The number of nitrogens with one attached hydrogen (secondary N) is 1. The number of hydrogen-bond donors (Lipinski definition) is 7. The van der Waals surface area contributed by atoms with Crippen LogP contribution < -0.4 is 5.48 Å². The maximum Gasteiger partial charge on any atom is 0.335 e. The average molecular weight is 225 g/mol. The molecule has 0 aliphatic heterocycles. The molecule has 0 radical (unpaired) electrons. The molecule has 0 aliphatic carbocycles. The Balaban J connectivity index is 4.49. The highest BCUT2D eigenvalue weighted by atomic mass is 16.5. The molecule has 0 bridgehead atoms. The van der Waals surface area contributed by atoms with Crippen molar-refractivity contribution in [2.45, 2.75) is 24.4 Å². The zero-order valence-electron chi connectivity index (χ0n) is 7.31. The monoisotopic (exact) mass is 225 g/mol. The van der Waals surface area contributed by atoms with Crippen molar-refractivity contribution in [2.75, 3.05) is 0 Å². The molecule has 0 aromatic carbocycles. The Hall–Kier alpha value is -1.26. The second kappa shape index (κ2) is 5.58. The summed E-state index contributed by atoms with van der Waals surface area (Å²) in [6, 6.07) is 0. The van der Waals surface area contributed by atoms with Crippen molar-refractivity contribution >= 4 is 11.9 Å². The van der Waals surface area contributed by atoms with Crippen LogP contribution in [0.3, 0.4) is 0 Å². The van der Waals surface area contributed by atoms with E-state index in [9.17, 15) is 9.59 Å². The highest BCUT2D eigenvalue weighted by Crippen LogP contribution is 2.05. The minimum atomic E-state index is -2.36. The number of amides is 1. The van der Waals surface area contributed by atoms with Gasteiger partial charge in [-0.15, -0.1) is 0 Å². The van der Waals surface area contributed by atoms with Gasteiger partial charge in [0, 0.05) is 0 Å². The summed E-state index contributed by atoms with van der Waals surface area (Å²) in [5, 5.41) is 51.9. The lowest BCUT2D eigenvalue weighted by atomic mass is 10.0. The number of aliphatic hydroxyl groups is 4. The molecule has 15 heavy (non-hydrogen) atoms. The van der Waals surface area contributed by atoms with Crippen LogP contribution in [-0.4, -0.2) is 67.0 Å². The van der Waals surface area contributed by atoms with Crippen LogP contribution in [0.2, 0.25) is 0 Å². The van der Waals surface area contributed by atoms with Crippen molar-refractivity contribution < 1.29 is 40.3 Å². The first-order valence-corrected chi connectivity index (χ1v) is 3.72. The van der Waals surface area contributed by atoms with Gasteiger partial charge < -0.3 is 25.5 Å². The molecular formula is C6H11NO8. The van der Waals surface area contributed by atoms with Gasteiger partial charge in [0.15, 0.2) is 12.2 Å². The van der Waals surface area contributed by atoms with E-state index in [0.717, 1.165) is 5.48 Å². The molecule has 0 unspecified atom stereocenters. The Morgan fingerprint density at radius 3 is 1.67 bits per heavy atom. The van der Waals surface area contributed by atoms with E-state index in [4.69, 9.17) is 30.7 Å². The van der Waals surface area contributed by atoms with Crippen LogP contribution in [0.1, 0.15) is 0 Å². The standard InChI is InChI=1S/C6H11NO8/c8-1(3(10)5(12)7-15)2(9)4(11)6(13)14/h1-4,8-11,15H,(H,7,12)(H,13,14)/t1-,2+,3+,4-/m0/s1. The highest BCUT2D eigenvalue weighted by molar-refractivity contribution is 5.80. The van der Waals surface area contributed by atoms with Crippen LogP contribution in [0, 0.1) is 0 Å². The van der Waals surface area contributed by atoms with Gasteiger partial charge >= 0.3 is 5.97 Å². The van der Waals surface area contributed by atoms with Gasteiger partial charge in [-0.1, -0.05) is 0 Å².